The number of benzene rings is 1. The molecular weight excluding hydrogens is 233 g/mol. The van der Waals surface area contributed by atoms with E-state index in [4.69, 9.17) is 0 Å². The van der Waals surface area contributed by atoms with Gasteiger partial charge < -0.3 is 4.98 Å². The van der Waals surface area contributed by atoms with Crippen LogP contribution in [0.2, 0.25) is 0 Å². The molecule has 0 fully saturated rings. The van der Waals surface area contributed by atoms with Crippen molar-refractivity contribution in [1.29, 1.82) is 0 Å². The van der Waals surface area contributed by atoms with E-state index in [1.54, 1.807) is 13.1 Å². The summed E-state index contributed by atoms with van der Waals surface area (Å²) in [6.45, 7) is 1.55. The van der Waals surface area contributed by atoms with E-state index in [9.17, 15) is 4.39 Å². The second kappa shape index (κ2) is 3.14. The fraction of sp³-hybridized carbons (Fsp3) is 0.200. The molecule has 1 N–H and O–H groups in total. The van der Waals surface area contributed by atoms with Gasteiger partial charge in [0.2, 0.25) is 0 Å². The normalized spacial score (nSPS) is 13.5. The second-order valence-corrected chi connectivity index (χ2v) is 3.97. The molecular formula is C10H9BrFN. The molecule has 0 radical (unpaired) electrons. The summed E-state index contributed by atoms with van der Waals surface area (Å²) in [6.07, 6.45) is 0.796. The lowest BCUT2D eigenvalue weighted by Crippen LogP contribution is -1.81. The molecule has 0 aliphatic carbocycles. The highest BCUT2D eigenvalue weighted by Gasteiger charge is 2.09. The van der Waals surface area contributed by atoms with E-state index >= 15 is 0 Å². The van der Waals surface area contributed by atoms with Crippen LogP contribution < -0.4 is 0 Å². The molecule has 1 atom stereocenters. The van der Waals surface area contributed by atoms with Crippen molar-refractivity contribution < 1.29 is 4.39 Å². The van der Waals surface area contributed by atoms with Gasteiger partial charge >= 0.3 is 0 Å². The van der Waals surface area contributed by atoms with E-state index in [2.05, 4.69) is 20.9 Å². The quantitative estimate of drug-likeness (QED) is 0.778. The third kappa shape index (κ3) is 1.48. The molecule has 1 heterocycles. The third-order valence-electron chi connectivity index (χ3n) is 2.10. The molecule has 2 rings (SSSR count). The van der Waals surface area contributed by atoms with Gasteiger partial charge in [0, 0.05) is 27.1 Å². The van der Waals surface area contributed by atoms with E-state index in [1.807, 2.05) is 18.2 Å². The van der Waals surface area contributed by atoms with E-state index in [0.717, 1.165) is 20.9 Å². The van der Waals surface area contributed by atoms with Gasteiger partial charge in [0.1, 0.15) is 6.17 Å². The number of halogens is 2. The number of aromatic nitrogens is 1. The van der Waals surface area contributed by atoms with Gasteiger partial charge in [0.05, 0.1) is 0 Å². The molecule has 13 heavy (non-hydrogen) atoms. The van der Waals surface area contributed by atoms with Crippen LogP contribution in [0.5, 0.6) is 0 Å². The molecule has 68 valence electrons. The van der Waals surface area contributed by atoms with E-state index in [0.29, 0.717) is 0 Å². The van der Waals surface area contributed by atoms with Gasteiger partial charge in [-0.05, 0) is 25.1 Å². The minimum atomic E-state index is -0.928. The first kappa shape index (κ1) is 8.75. The minimum absolute atomic E-state index is 0.719. The maximum atomic E-state index is 13.1. The van der Waals surface area contributed by atoms with Crippen LogP contribution in [0.4, 0.5) is 4.39 Å². The molecule has 1 nitrogen and oxygen atoms in total. The number of H-pyrrole nitrogens is 1. The molecule has 0 saturated heterocycles. The van der Waals surface area contributed by atoms with Gasteiger partial charge in [-0.25, -0.2) is 4.39 Å². The summed E-state index contributed by atoms with van der Waals surface area (Å²) < 4.78 is 14.1. The van der Waals surface area contributed by atoms with Crippen molar-refractivity contribution in [2.45, 2.75) is 13.1 Å². The molecule has 0 amide bonds. The highest BCUT2D eigenvalue weighted by atomic mass is 79.9. The van der Waals surface area contributed by atoms with E-state index < -0.39 is 6.17 Å². The van der Waals surface area contributed by atoms with Crippen molar-refractivity contribution in [2.24, 2.45) is 0 Å². The highest BCUT2D eigenvalue weighted by molar-refractivity contribution is 9.10. The molecule has 3 heteroatoms. The Kier molecular flexibility index (Phi) is 2.12. The highest BCUT2D eigenvalue weighted by Crippen LogP contribution is 2.28. The Bertz CT molecular complexity index is 433. The number of aromatic amines is 1. The standard InChI is InChI=1S/C10H9BrFN/c1-6(12)9-5-13-10-3-2-7(11)4-8(9)10/h2-6,13H,1H3. The minimum Gasteiger partial charge on any atom is -0.361 e. The van der Waals surface area contributed by atoms with Crippen molar-refractivity contribution in [2.75, 3.05) is 0 Å². The van der Waals surface area contributed by atoms with Crippen molar-refractivity contribution in [3.8, 4) is 0 Å². The monoisotopic (exact) mass is 241 g/mol. The lowest BCUT2D eigenvalue weighted by Gasteiger charge is -1.98. The second-order valence-electron chi connectivity index (χ2n) is 3.05. The van der Waals surface area contributed by atoms with Crippen molar-refractivity contribution >= 4 is 26.8 Å². The molecule has 0 spiro atoms. The average Bonchev–Trinajstić information content (AvgIpc) is 2.46. The first-order valence-electron chi connectivity index (χ1n) is 4.09. The summed E-state index contributed by atoms with van der Waals surface area (Å²) >= 11 is 3.36. The van der Waals surface area contributed by atoms with Gasteiger partial charge in [-0.2, -0.15) is 0 Å². The summed E-state index contributed by atoms with van der Waals surface area (Å²) in [4.78, 5) is 3.04. The molecule has 0 saturated carbocycles. The van der Waals surface area contributed by atoms with Crippen LogP contribution in [0, 0.1) is 0 Å². The number of rotatable bonds is 1. The van der Waals surface area contributed by atoms with Crippen molar-refractivity contribution in [3.05, 3.63) is 34.4 Å². The van der Waals surface area contributed by atoms with Gasteiger partial charge in [0.15, 0.2) is 0 Å². The van der Waals surface area contributed by atoms with Crippen LogP contribution in [0.15, 0.2) is 28.9 Å². The molecule has 1 unspecified atom stereocenters. The fourth-order valence-electron chi connectivity index (χ4n) is 1.44. The van der Waals surface area contributed by atoms with Gasteiger partial charge in [-0.15, -0.1) is 0 Å². The topological polar surface area (TPSA) is 15.8 Å². The average molecular weight is 242 g/mol. The predicted molar refractivity (Wildman–Crippen MR) is 55.5 cm³/mol. The number of nitrogens with one attached hydrogen (secondary N) is 1. The van der Waals surface area contributed by atoms with Crippen LogP contribution in [0.25, 0.3) is 10.9 Å². The summed E-state index contributed by atoms with van der Waals surface area (Å²) in [5, 5.41) is 0.948. The third-order valence-corrected chi connectivity index (χ3v) is 2.60. The number of fused-ring (bicyclic) bond motifs is 1. The first-order valence-corrected chi connectivity index (χ1v) is 4.88. The summed E-state index contributed by atoms with van der Waals surface area (Å²) in [6, 6.07) is 5.80. The Morgan fingerprint density at radius 1 is 1.46 bits per heavy atom. The molecule has 0 aliphatic rings. The van der Waals surface area contributed by atoms with Gasteiger partial charge in [0.25, 0.3) is 0 Å². The van der Waals surface area contributed by atoms with E-state index in [1.165, 1.54) is 0 Å². The number of hydrogen-bond acceptors (Lipinski definition) is 0. The van der Waals surface area contributed by atoms with Crippen molar-refractivity contribution in [1.82, 2.24) is 4.98 Å². The Balaban J connectivity index is 2.71. The zero-order chi connectivity index (χ0) is 9.42. The Morgan fingerprint density at radius 2 is 2.23 bits per heavy atom. The molecule has 1 aromatic heterocycles. The number of alkyl halides is 1. The van der Waals surface area contributed by atoms with Crippen molar-refractivity contribution in [3.63, 3.8) is 0 Å². The fourth-order valence-corrected chi connectivity index (χ4v) is 1.80. The Labute approximate surface area is 84.1 Å². The predicted octanol–water partition coefficient (Wildman–Crippen LogP) is 3.96. The number of hydrogen-bond donors (Lipinski definition) is 1. The summed E-state index contributed by atoms with van der Waals surface area (Å²) in [7, 11) is 0. The van der Waals surface area contributed by atoms with Crippen LogP contribution in [-0.2, 0) is 0 Å². The first-order chi connectivity index (χ1) is 6.18. The molecule has 1 aromatic carbocycles. The zero-order valence-corrected chi connectivity index (χ0v) is 8.73. The lowest BCUT2D eigenvalue weighted by molar-refractivity contribution is 0.376. The van der Waals surface area contributed by atoms with Crippen LogP contribution in [0.1, 0.15) is 18.7 Å². The largest absolute Gasteiger partial charge is 0.361 e. The smallest absolute Gasteiger partial charge is 0.124 e. The Hall–Kier alpha value is -0.830. The van der Waals surface area contributed by atoms with Crippen LogP contribution in [-0.4, -0.2) is 4.98 Å². The maximum Gasteiger partial charge on any atom is 0.124 e. The zero-order valence-electron chi connectivity index (χ0n) is 7.14. The molecule has 0 aliphatic heterocycles. The van der Waals surface area contributed by atoms with Gasteiger partial charge in [-0.3, -0.25) is 0 Å². The maximum absolute atomic E-state index is 13.1. The SMILES string of the molecule is CC(F)c1c[nH]c2ccc(Br)cc12. The van der Waals surface area contributed by atoms with Crippen LogP contribution in [0.3, 0.4) is 0 Å². The van der Waals surface area contributed by atoms with Crippen LogP contribution >= 0.6 is 15.9 Å². The molecule has 0 bridgehead atoms. The van der Waals surface area contributed by atoms with Gasteiger partial charge in [-0.1, -0.05) is 15.9 Å². The Morgan fingerprint density at radius 3 is 2.92 bits per heavy atom. The molecule has 2 aromatic rings. The summed E-state index contributed by atoms with van der Waals surface area (Å²) in [5.41, 5.74) is 1.69. The lowest BCUT2D eigenvalue weighted by atomic mass is 10.1. The summed E-state index contributed by atoms with van der Waals surface area (Å²) in [5.74, 6) is 0. The van der Waals surface area contributed by atoms with E-state index in [-0.39, 0.29) is 0 Å².